The zero-order chi connectivity index (χ0) is 11.7. The van der Waals surface area contributed by atoms with E-state index in [0.717, 1.165) is 25.8 Å². The zero-order valence-corrected chi connectivity index (χ0v) is 9.96. The van der Waals surface area contributed by atoms with Crippen LogP contribution in [0.2, 0.25) is 0 Å². The van der Waals surface area contributed by atoms with E-state index in [1.165, 1.54) is 5.56 Å². The highest BCUT2D eigenvalue weighted by Crippen LogP contribution is 2.33. The van der Waals surface area contributed by atoms with Crippen LogP contribution in [0.1, 0.15) is 30.9 Å². The molecule has 0 spiro atoms. The Morgan fingerprint density at radius 2 is 2.00 bits per heavy atom. The first-order chi connectivity index (χ1) is 8.33. The van der Waals surface area contributed by atoms with Crippen LogP contribution in [0.5, 0.6) is 0 Å². The summed E-state index contributed by atoms with van der Waals surface area (Å²) in [4.78, 5) is 2.35. The lowest BCUT2D eigenvalue weighted by Gasteiger charge is -2.43. The second-order valence-corrected chi connectivity index (χ2v) is 5.08. The highest BCUT2D eigenvalue weighted by molar-refractivity contribution is 5.18. The fourth-order valence-corrected chi connectivity index (χ4v) is 2.89. The Morgan fingerprint density at radius 1 is 1.18 bits per heavy atom. The topological polar surface area (TPSA) is 32.7 Å². The molecule has 92 valence electrons. The standard InChI is InChI=1S/C14H19NO2/c16-13-6-7-15-10-17-14(9-12(15)8-13)11-4-2-1-3-5-11/h1-5,12-14,16H,6-10H2. The van der Waals surface area contributed by atoms with Gasteiger partial charge in [-0.05, 0) is 24.8 Å². The van der Waals surface area contributed by atoms with Crippen molar-refractivity contribution in [2.45, 2.75) is 37.5 Å². The van der Waals surface area contributed by atoms with Crippen LogP contribution < -0.4 is 0 Å². The van der Waals surface area contributed by atoms with E-state index in [-0.39, 0.29) is 12.2 Å². The fraction of sp³-hybridized carbons (Fsp3) is 0.571. The van der Waals surface area contributed by atoms with Crippen LogP contribution in [0.25, 0.3) is 0 Å². The van der Waals surface area contributed by atoms with Gasteiger partial charge in [-0.25, -0.2) is 0 Å². The summed E-state index contributed by atoms with van der Waals surface area (Å²) < 4.78 is 5.91. The molecule has 0 amide bonds. The Labute approximate surface area is 102 Å². The van der Waals surface area contributed by atoms with Crippen LogP contribution in [0, 0.1) is 0 Å². The Kier molecular flexibility index (Phi) is 3.14. The number of ether oxygens (including phenoxy) is 1. The first-order valence-corrected chi connectivity index (χ1v) is 6.41. The van der Waals surface area contributed by atoms with E-state index in [0.29, 0.717) is 12.8 Å². The second kappa shape index (κ2) is 4.77. The van der Waals surface area contributed by atoms with Gasteiger partial charge in [0.1, 0.15) is 6.73 Å². The summed E-state index contributed by atoms with van der Waals surface area (Å²) in [6.45, 7) is 1.67. The van der Waals surface area contributed by atoms with Gasteiger partial charge in [-0.15, -0.1) is 0 Å². The molecule has 3 atom stereocenters. The molecule has 1 aromatic rings. The van der Waals surface area contributed by atoms with Gasteiger partial charge in [0, 0.05) is 12.6 Å². The molecule has 0 bridgehead atoms. The fourth-order valence-electron chi connectivity index (χ4n) is 2.89. The monoisotopic (exact) mass is 233 g/mol. The third-order valence-electron chi connectivity index (χ3n) is 3.91. The number of rotatable bonds is 1. The van der Waals surface area contributed by atoms with Crippen LogP contribution in [0.4, 0.5) is 0 Å². The van der Waals surface area contributed by atoms with Crippen molar-refractivity contribution in [1.82, 2.24) is 4.90 Å². The van der Waals surface area contributed by atoms with Crippen LogP contribution in [-0.2, 0) is 4.74 Å². The van der Waals surface area contributed by atoms with Gasteiger partial charge in [-0.1, -0.05) is 30.3 Å². The normalized spacial score (nSPS) is 34.3. The van der Waals surface area contributed by atoms with E-state index in [1.807, 2.05) is 6.07 Å². The summed E-state index contributed by atoms with van der Waals surface area (Å²) in [7, 11) is 0. The maximum Gasteiger partial charge on any atom is 0.100 e. The molecule has 17 heavy (non-hydrogen) atoms. The maximum absolute atomic E-state index is 9.74. The Morgan fingerprint density at radius 3 is 2.82 bits per heavy atom. The molecule has 3 heteroatoms. The SMILES string of the molecule is OC1CCN2COC(c3ccccc3)CC2C1. The van der Waals surface area contributed by atoms with Crippen molar-refractivity contribution in [2.75, 3.05) is 13.3 Å². The Bertz CT molecular complexity index is 368. The van der Waals surface area contributed by atoms with Gasteiger partial charge >= 0.3 is 0 Å². The molecule has 0 saturated carbocycles. The number of nitrogens with zero attached hydrogens (tertiary/aromatic N) is 1. The summed E-state index contributed by atoms with van der Waals surface area (Å²) in [5.41, 5.74) is 1.26. The largest absolute Gasteiger partial charge is 0.393 e. The predicted octanol–water partition coefficient (Wildman–Crippen LogP) is 1.93. The number of hydrogen-bond donors (Lipinski definition) is 1. The molecular weight excluding hydrogens is 214 g/mol. The minimum absolute atomic E-state index is 0.120. The number of piperidine rings is 1. The van der Waals surface area contributed by atoms with Crippen molar-refractivity contribution in [3.05, 3.63) is 35.9 Å². The molecule has 2 heterocycles. The third-order valence-corrected chi connectivity index (χ3v) is 3.91. The maximum atomic E-state index is 9.74. The molecule has 3 nitrogen and oxygen atoms in total. The summed E-state index contributed by atoms with van der Waals surface area (Å²) in [6.07, 6.45) is 2.86. The highest BCUT2D eigenvalue weighted by Gasteiger charge is 2.34. The van der Waals surface area contributed by atoms with Gasteiger partial charge < -0.3 is 9.84 Å². The van der Waals surface area contributed by atoms with E-state index in [2.05, 4.69) is 29.2 Å². The van der Waals surface area contributed by atoms with Crippen LogP contribution in [-0.4, -0.2) is 35.4 Å². The molecule has 0 aromatic heterocycles. The molecular formula is C14H19NO2. The minimum Gasteiger partial charge on any atom is -0.393 e. The van der Waals surface area contributed by atoms with Crippen molar-refractivity contribution in [3.63, 3.8) is 0 Å². The summed E-state index contributed by atoms with van der Waals surface area (Å²) in [5.74, 6) is 0. The zero-order valence-electron chi connectivity index (χ0n) is 9.96. The molecule has 3 rings (SSSR count). The first kappa shape index (κ1) is 11.2. The van der Waals surface area contributed by atoms with Gasteiger partial charge in [0.2, 0.25) is 0 Å². The average Bonchev–Trinajstić information content (AvgIpc) is 2.39. The number of aliphatic hydroxyl groups excluding tert-OH is 1. The van der Waals surface area contributed by atoms with Gasteiger partial charge in [-0.3, -0.25) is 4.90 Å². The summed E-state index contributed by atoms with van der Waals surface area (Å²) >= 11 is 0. The third kappa shape index (κ3) is 2.37. The van der Waals surface area contributed by atoms with Gasteiger partial charge in [0.05, 0.1) is 12.2 Å². The molecule has 1 aromatic carbocycles. The Hall–Kier alpha value is -0.900. The molecule has 0 aliphatic carbocycles. The van der Waals surface area contributed by atoms with Crippen molar-refractivity contribution in [1.29, 1.82) is 0 Å². The van der Waals surface area contributed by atoms with E-state index in [1.54, 1.807) is 0 Å². The first-order valence-electron chi connectivity index (χ1n) is 6.41. The van der Waals surface area contributed by atoms with E-state index in [9.17, 15) is 5.11 Å². The molecule has 2 fully saturated rings. The van der Waals surface area contributed by atoms with Crippen molar-refractivity contribution in [2.24, 2.45) is 0 Å². The number of aliphatic hydroxyl groups is 1. The van der Waals surface area contributed by atoms with E-state index in [4.69, 9.17) is 4.74 Å². The number of hydrogen-bond acceptors (Lipinski definition) is 3. The summed E-state index contributed by atoms with van der Waals surface area (Å²) in [5, 5.41) is 9.74. The minimum atomic E-state index is -0.120. The molecule has 1 N–H and O–H groups in total. The lowest BCUT2D eigenvalue weighted by atomic mass is 9.91. The van der Waals surface area contributed by atoms with Crippen LogP contribution >= 0.6 is 0 Å². The molecule has 2 saturated heterocycles. The lowest BCUT2D eigenvalue weighted by Crippen LogP contribution is -2.49. The van der Waals surface area contributed by atoms with Crippen molar-refractivity contribution >= 4 is 0 Å². The molecule has 3 unspecified atom stereocenters. The van der Waals surface area contributed by atoms with Gasteiger partial charge in [0.25, 0.3) is 0 Å². The average molecular weight is 233 g/mol. The predicted molar refractivity (Wildman–Crippen MR) is 65.5 cm³/mol. The van der Waals surface area contributed by atoms with Crippen LogP contribution in [0.3, 0.4) is 0 Å². The van der Waals surface area contributed by atoms with Crippen molar-refractivity contribution < 1.29 is 9.84 Å². The van der Waals surface area contributed by atoms with Gasteiger partial charge in [0.15, 0.2) is 0 Å². The molecule has 0 radical (unpaired) electrons. The van der Waals surface area contributed by atoms with Crippen molar-refractivity contribution in [3.8, 4) is 0 Å². The highest BCUT2D eigenvalue weighted by atomic mass is 16.5. The van der Waals surface area contributed by atoms with E-state index < -0.39 is 0 Å². The quantitative estimate of drug-likeness (QED) is 0.804. The molecule has 2 aliphatic rings. The number of fused-ring (bicyclic) bond motifs is 1. The Balaban J connectivity index is 1.70. The lowest BCUT2D eigenvalue weighted by molar-refractivity contribution is -0.123. The smallest absolute Gasteiger partial charge is 0.100 e. The number of benzene rings is 1. The van der Waals surface area contributed by atoms with E-state index >= 15 is 0 Å². The summed E-state index contributed by atoms with van der Waals surface area (Å²) in [6, 6.07) is 10.9. The van der Waals surface area contributed by atoms with Gasteiger partial charge in [-0.2, -0.15) is 0 Å². The van der Waals surface area contributed by atoms with Crippen LogP contribution in [0.15, 0.2) is 30.3 Å². The molecule has 2 aliphatic heterocycles. The second-order valence-electron chi connectivity index (χ2n) is 5.08.